The third-order valence-electron chi connectivity index (χ3n) is 5.38. The summed E-state index contributed by atoms with van der Waals surface area (Å²) in [5.74, 6) is -0.00592. The van der Waals surface area contributed by atoms with Crippen molar-refractivity contribution in [3.05, 3.63) is 71.6 Å². The summed E-state index contributed by atoms with van der Waals surface area (Å²) in [7, 11) is 0. The van der Waals surface area contributed by atoms with Gasteiger partial charge < -0.3 is 14.7 Å². The average Bonchev–Trinajstić information content (AvgIpc) is 3.72. The molecule has 0 atom stereocenters. The number of aromatic nitrogens is 2. The van der Waals surface area contributed by atoms with E-state index in [2.05, 4.69) is 15.5 Å². The first-order valence-electron chi connectivity index (χ1n) is 10.3. The molecule has 3 aromatic rings. The number of hydrogen-bond acceptors (Lipinski definition) is 5. The van der Waals surface area contributed by atoms with Crippen LogP contribution in [0.1, 0.15) is 52.2 Å². The Morgan fingerprint density at radius 1 is 1.03 bits per heavy atom. The smallest absolute Gasteiger partial charge is 0.293 e. The molecule has 0 spiro atoms. The summed E-state index contributed by atoms with van der Waals surface area (Å²) in [5, 5.41) is 6.99. The first-order chi connectivity index (χ1) is 14.7. The number of nitrogens with zero attached hydrogens (tertiary/aromatic N) is 3. The van der Waals surface area contributed by atoms with Crippen molar-refractivity contribution < 1.29 is 14.1 Å². The van der Waals surface area contributed by atoms with Gasteiger partial charge >= 0.3 is 0 Å². The Morgan fingerprint density at radius 2 is 1.83 bits per heavy atom. The Morgan fingerprint density at radius 3 is 2.50 bits per heavy atom. The predicted octanol–water partition coefficient (Wildman–Crippen LogP) is 3.43. The van der Waals surface area contributed by atoms with Crippen molar-refractivity contribution in [1.82, 2.24) is 20.4 Å². The van der Waals surface area contributed by atoms with Crippen molar-refractivity contribution in [1.29, 1.82) is 0 Å². The summed E-state index contributed by atoms with van der Waals surface area (Å²) in [4.78, 5) is 31.3. The highest BCUT2D eigenvalue weighted by Gasteiger charge is 2.35. The standard InChI is InChI=1S/C23H22N4O3/c28-22(25-17-8-9-17)16-6-4-15(5-7-16)14-27(18-10-11-18)23(29)21-13-20(26-30-21)19-3-1-2-12-24-19/h1-7,12-13,17-18H,8-11,14H2,(H,25,28). The van der Waals surface area contributed by atoms with Gasteiger partial charge in [-0.15, -0.1) is 0 Å². The van der Waals surface area contributed by atoms with Crippen molar-refractivity contribution in [3.63, 3.8) is 0 Å². The van der Waals surface area contributed by atoms with Crippen LogP contribution in [-0.2, 0) is 6.54 Å². The maximum atomic E-state index is 13.1. The van der Waals surface area contributed by atoms with Gasteiger partial charge in [-0.05, 0) is 55.5 Å². The molecule has 2 aliphatic carbocycles. The number of pyridine rings is 1. The molecule has 0 aliphatic heterocycles. The van der Waals surface area contributed by atoms with E-state index >= 15 is 0 Å². The van der Waals surface area contributed by atoms with Crippen LogP contribution in [0.15, 0.2) is 59.3 Å². The lowest BCUT2D eigenvalue weighted by Crippen LogP contribution is -2.32. The Kier molecular flexibility index (Phi) is 4.78. The quantitative estimate of drug-likeness (QED) is 0.654. The van der Waals surface area contributed by atoms with Crippen LogP contribution in [0.3, 0.4) is 0 Å². The maximum Gasteiger partial charge on any atom is 0.293 e. The Hall–Kier alpha value is -3.48. The predicted molar refractivity (Wildman–Crippen MR) is 110 cm³/mol. The average molecular weight is 402 g/mol. The summed E-state index contributed by atoms with van der Waals surface area (Å²) in [6, 6.07) is 15.1. The molecule has 30 heavy (non-hydrogen) atoms. The van der Waals surface area contributed by atoms with Gasteiger partial charge in [-0.25, -0.2) is 0 Å². The van der Waals surface area contributed by atoms with E-state index in [1.165, 1.54) is 0 Å². The number of hydrogen-bond donors (Lipinski definition) is 1. The van der Waals surface area contributed by atoms with Crippen molar-refractivity contribution in [2.24, 2.45) is 0 Å². The molecule has 2 fully saturated rings. The van der Waals surface area contributed by atoms with Gasteiger partial charge in [0.2, 0.25) is 5.76 Å². The van der Waals surface area contributed by atoms with Gasteiger partial charge in [-0.2, -0.15) is 0 Å². The molecule has 2 amide bonds. The fourth-order valence-electron chi connectivity index (χ4n) is 3.36. The topological polar surface area (TPSA) is 88.3 Å². The van der Waals surface area contributed by atoms with Gasteiger partial charge in [0.15, 0.2) is 0 Å². The summed E-state index contributed by atoms with van der Waals surface area (Å²) in [6.07, 6.45) is 5.76. The van der Waals surface area contributed by atoms with E-state index in [9.17, 15) is 9.59 Å². The molecule has 7 nitrogen and oxygen atoms in total. The molecule has 2 aromatic heterocycles. The van der Waals surface area contributed by atoms with Crippen LogP contribution in [0.2, 0.25) is 0 Å². The minimum atomic E-state index is -0.178. The van der Waals surface area contributed by atoms with Crippen LogP contribution in [-0.4, -0.2) is 38.9 Å². The molecule has 5 rings (SSSR count). The van der Waals surface area contributed by atoms with Crippen molar-refractivity contribution in [3.8, 4) is 11.4 Å². The number of benzene rings is 1. The lowest BCUT2D eigenvalue weighted by molar-refractivity contribution is 0.0687. The van der Waals surface area contributed by atoms with Crippen LogP contribution in [0.5, 0.6) is 0 Å². The van der Waals surface area contributed by atoms with Gasteiger partial charge in [0, 0.05) is 36.5 Å². The molecule has 152 valence electrons. The van der Waals surface area contributed by atoms with Gasteiger partial charge in [0.05, 0.1) is 5.69 Å². The maximum absolute atomic E-state index is 13.1. The number of carbonyl (C=O) groups excluding carboxylic acids is 2. The van der Waals surface area contributed by atoms with Crippen molar-refractivity contribution in [2.75, 3.05) is 0 Å². The Labute approximate surface area is 174 Å². The number of carbonyl (C=O) groups is 2. The molecular weight excluding hydrogens is 380 g/mol. The second-order valence-electron chi connectivity index (χ2n) is 7.90. The third kappa shape index (κ3) is 4.10. The molecule has 2 saturated carbocycles. The van der Waals surface area contributed by atoms with E-state index in [-0.39, 0.29) is 23.6 Å². The normalized spacial score (nSPS) is 15.6. The van der Waals surface area contributed by atoms with Gasteiger partial charge in [-0.1, -0.05) is 23.4 Å². The Bertz CT molecular complexity index is 1050. The third-order valence-corrected chi connectivity index (χ3v) is 5.38. The molecule has 2 heterocycles. The van der Waals surface area contributed by atoms with E-state index in [4.69, 9.17) is 4.52 Å². The zero-order valence-corrected chi connectivity index (χ0v) is 16.5. The fraction of sp³-hybridized carbons (Fsp3) is 0.304. The second-order valence-corrected chi connectivity index (χ2v) is 7.90. The molecule has 0 saturated heterocycles. The SMILES string of the molecule is O=C(NC1CC1)c1ccc(CN(C(=O)c2cc(-c3ccccn3)no2)C2CC2)cc1. The van der Waals surface area contributed by atoms with E-state index in [0.29, 0.717) is 29.5 Å². The van der Waals surface area contributed by atoms with E-state index < -0.39 is 0 Å². The minimum Gasteiger partial charge on any atom is -0.350 e. The van der Waals surface area contributed by atoms with Crippen molar-refractivity contribution in [2.45, 2.75) is 44.3 Å². The monoisotopic (exact) mass is 402 g/mol. The lowest BCUT2D eigenvalue weighted by Gasteiger charge is -2.21. The zero-order valence-electron chi connectivity index (χ0n) is 16.5. The summed E-state index contributed by atoms with van der Waals surface area (Å²) < 4.78 is 5.34. The highest BCUT2D eigenvalue weighted by molar-refractivity contribution is 5.94. The van der Waals surface area contributed by atoms with Crippen LogP contribution >= 0.6 is 0 Å². The van der Waals surface area contributed by atoms with Gasteiger partial charge in [0.1, 0.15) is 5.69 Å². The molecule has 0 unspecified atom stereocenters. The van der Waals surface area contributed by atoms with Gasteiger partial charge in [0.25, 0.3) is 11.8 Å². The van der Waals surface area contributed by atoms with E-state index in [0.717, 1.165) is 31.2 Å². The molecular formula is C23H22N4O3. The first kappa shape index (κ1) is 18.5. The second kappa shape index (κ2) is 7.74. The van der Waals surface area contributed by atoms with E-state index in [1.807, 2.05) is 47.4 Å². The summed E-state index contributed by atoms with van der Waals surface area (Å²) >= 11 is 0. The van der Waals surface area contributed by atoms with Crippen LogP contribution < -0.4 is 5.32 Å². The molecule has 2 aliphatic rings. The zero-order chi connectivity index (χ0) is 20.5. The fourth-order valence-corrected chi connectivity index (χ4v) is 3.36. The number of rotatable bonds is 7. The Balaban J connectivity index is 1.29. The largest absolute Gasteiger partial charge is 0.350 e. The first-order valence-corrected chi connectivity index (χ1v) is 10.3. The number of nitrogens with one attached hydrogen (secondary N) is 1. The highest BCUT2D eigenvalue weighted by Crippen LogP contribution is 2.30. The lowest BCUT2D eigenvalue weighted by atomic mass is 10.1. The van der Waals surface area contributed by atoms with Crippen LogP contribution in [0.25, 0.3) is 11.4 Å². The molecule has 1 aromatic carbocycles. The van der Waals surface area contributed by atoms with Crippen LogP contribution in [0, 0.1) is 0 Å². The van der Waals surface area contributed by atoms with E-state index in [1.54, 1.807) is 12.3 Å². The molecule has 7 heteroatoms. The molecule has 1 N–H and O–H groups in total. The highest BCUT2D eigenvalue weighted by atomic mass is 16.5. The van der Waals surface area contributed by atoms with Crippen molar-refractivity contribution >= 4 is 11.8 Å². The molecule has 0 bridgehead atoms. The summed E-state index contributed by atoms with van der Waals surface area (Å²) in [6.45, 7) is 0.466. The van der Waals surface area contributed by atoms with Gasteiger partial charge in [-0.3, -0.25) is 14.6 Å². The van der Waals surface area contributed by atoms with Crippen LogP contribution in [0.4, 0.5) is 0 Å². The minimum absolute atomic E-state index is 0.0390. The summed E-state index contributed by atoms with van der Waals surface area (Å²) in [5.41, 5.74) is 2.83. The number of amides is 2. The molecule has 0 radical (unpaired) electrons.